The van der Waals surface area contributed by atoms with Gasteiger partial charge in [0.2, 0.25) is 11.8 Å². The van der Waals surface area contributed by atoms with Gasteiger partial charge in [-0.3, -0.25) is 24.5 Å². The van der Waals surface area contributed by atoms with Gasteiger partial charge in [0.25, 0.3) is 11.8 Å². The maximum atomic E-state index is 11.7. The van der Waals surface area contributed by atoms with Crippen LogP contribution in [0.2, 0.25) is 0 Å². The van der Waals surface area contributed by atoms with Crippen LogP contribution >= 0.6 is 0 Å². The average Bonchev–Trinajstić information content (AvgIpc) is 2.64. The Labute approximate surface area is 113 Å². The normalized spacial score (nSPS) is 14.4. The van der Waals surface area contributed by atoms with Gasteiger partial charge in [0, 0.05) is 5.69 Å². The van der Waals surface area contributed by atoms with Crippen molar-refractivity contribution >= 4 is 29.3 Å². The van der Waals surface area contributed by atoms with Gasteiger partial charge in [-0.1, -0.05) is 0 Å². The minimum absolute atomic E-state index is 0.177. The Hall–Kier alpha value is -2.74. The van der Waals surface area contributed by atoms with E-state index in [1.165, 1.54) is 18.2 Å². The molecule has 0 saturated carbocycles. The van der Waals surface area contributed by atoms with E-state index in [0.717, 1.165) is 0 Å². The highest BCUT2D eigenvalue weighted by atomic mass is 16.2. The number of hydrogen-bond donors (Lipinski definition) is 4. The molecule has 1 aliphatic heterocycles. The number of nitrogens with two attached hydrogens (primary N) is 2. The lowest BCUT2D eigenvalue weighted by Gasteiger charge is -2.11. The molecule has 104 valence electrons. The number of fused-ring (bicyclic) bond motifs is 1. The Balaban J connectivity index is 2.14. The number of benzene rings is 1. The predicted octanol–water partition coefficient (Wildman–Crippen LogP) is -1.29. The van der Waals surface area contributed by atoms with Gasteiger partial charge >= 0.3 is 0 Å². The summed E-state index contributed by atoms with van der Waals surface area (Å²) in [7, 11) is 0. The molecule has 1 unspecified atom stereocenters. The summed E-state index contributed by atoms with van der Waals surface area (Å²) in [5.74, 6) is -2.30. The zero-order valence-electron chi connectivity index (χ0n) is 10.3. The number of carbonyl (C=O) groups is 4. The van der Waals surface area contributed by atoms with E-state index in [4.69, 9.17) is 11.5 Å². The van der Waals surface area contributed by atoms with E-state index in [-0.39, 0.29) is 17.5 Å². The maximum Gasteiger partial charge on any atom is 0.259 e. The Bertz CT molecular complexity index is 626. The summed E-state index contributed by atoms with van der Waals surface area (Å²) >= 11 is 0. The highest BCUT2D eigenvalue weighted by Gasteiger charge is 2.27. The van der Waals surface area contributed by atoms with E-state index in [1.807, 2.05) is 0 Å². The fourth-order valence-electron chi connectivity index (χ4n) is 1.79. The summed E-state index contributed by atoms with van der Waals surface area (Å²) in [4.78, 5) is 45.2. The molecule has 2 rings (SSSR count). The second-order valence-electron chi connectivity index (χ2n) is 4.31. The van der Waals surface area contributed by atoms with Gasteiger partial charge in [0.15, 0.2) is 0 Å². The van der Waals surface area contributed by atoms with Gasteiger partial charge in [0.1, 0.15) is 0 Å². The fraction of sp³-hybridized carbons (Fsp3) is 0.167. The standard InChI is InChI=1S/C12H12N4O4/c13-8(4-9(14)17)12(20)15-5-1-2-6-7(3-5)11(19)16-10(6)18/h1-3,8H,4,13H2,(H2,14,17)(H,15,20)(H,16,18,19). The molecule has 0 aliphatic carbocycles. The van der Waals surface area contributed by atoms with Gasteiger partial charge in [-0.2, -0.15) is 0 Å². The molecule has 0 spiro atoms. The molecule has 0 saturated heterocycles. The Morgan fingerprint density at radius 2 is 1.85 bits per heavy atom. The lowest BCUT2D eigenvalue weighted by Crippen LogP contribution is -2.39. The molecule has 1 aliphatic rings. The number of amides is 4. The number of nitrogens with one attached hydrogen (secondary N) is 2. The van der Waals surface area contributed by atoms with Crippen molar-refractivity contribution in [1.29, 1.82) is 0 Å². The Kier molecular flexibility index (Phi) is 3.49. The molecule has 6 N–H and O–H groups in total. The molecule has 4 amide bonds. The van der Waals surface area contributed by atoms with Crippen molar-refractivity contribution in [3.8, 4) is 0 Å². The first-order valence-electron chi connectivity index (χ1n) is 5.73. The maximum absolute atomic E-state index is 11.7. The summed E-state index contributed by atoms with van der Waals surface area (Å²) in [6.45, 7) is 0. The number of carbonyl (C=O) groups excluding carboxylic acids is 4. The quantitative estimate of drug-likeness (QED) is 0.506. The zero-order valence-corrected chi connectivity index (χ0v) is 10.3. The first kappa shape index (κ1) is 13.7. The van der Waals surface area contributed by atoms with Crippen LogP contribution in [0.4, 0.5) is 5.69 Å². The van der Waals surface area contributed by atoms with E-state index in [1.54, 1.807) is 0 Å². The van der Waals surface area contributed by atoms with E-state index >= 15 is 0 Å². The summed E-state index contributed by atoms with van der Waals surface area (Å²) in [5.41, 5.74) is 11.2. The zero-order chi connectivity index (χ0) is 14.9. The average molecular weight is 276 g/mol. The van der Waals surface area contributed by atoms with E-state index in [2.05, 4.69) is 10.6 Å². The fourth-order valence-corrected chi connectivity index (χ4v) is 1.79. The van der Waals surface area contributed by atoms with Crippen molar-refractivity contribution < 1.29 is 19.2 Å². The van der Waals surface area contributed by atoms with Crippen LogP contribution in [0.5, 0.6) is 0 Å². The van der Waals surface area contributed by atoms with E-state index in [0.29, 0.717) is 5.69 Å². The highest BCUT2D eigenvalue weighted by Crippen LogP contribution is 2.20. The first-order chi connectivity index (χ1) is 9.38. The minimum atomic E-state index is -1.07. The third kappa shape index (κ3) is 2.64. The first-order valence-corrected chi connectivity index (χ1v) is 5.73. The molecular formula is C12H12N4O4. The molecular weight excluding hydrogens is 264 g/mol. The van der Waals surface area contributed by atoms with Crippen molar-refractivity contribution in [3.63, 3.8) is 0 Å². The summed E-state index contributed by atoms with van der Waals surface area (Å²) in [5, 5.41) is 4.58. The van der Waals surface area contributed by atoms with Gasteiger partial charge in [-0.25, -0.2) is 0 Å². The van der Waals surface area contributed by atoms with Gasteiger partial charge < -0.3 is 16.8 Å². The van der Waals surface area contributed by atoms with Crippen LogP contribution in [0.15, 0.2) is 18.2 Å². The van der Waals surface area contributed by atoms with Crippen LogP contribution < -0.4 is 22.1 Å². The van der Waals surface area contributed by atoms with Crippen molar-refractivity contribution in [2.24, 2.45) is 11.5 Å². The summed E-state index contributed by atoms with van der Waals surface area (Å²) in [6.07, 6.45) is -0.282. The number of rotatable bonds is 4. The molecule has 8 nitrogen and oxygen atoms in total. The van der Waals surface area contributed by atoms with Crippen molar-refractivity contribution in [1.82, 2.24) is 5.32 Å². The third-order valence-corrected chi connectivity index (χ3v) is 2.76. The van der Waals surface area contributed by atoms with Gasteiger partial charge in [-0.05, 0) is 18.2 Å². The Morgan fingerprint density at radius 1 is 1.20 bits per heavy atom. The number of primary amides is 1. The summed E-state index contributed by atoms with van der Waals surface area (Å²) < 4.78 is 0. The number of imide groups is 1. The van der Waals surface area contributed by atoms with Crippen LogP contribution in [-0.4, -0.2) is 29.7 Å². The van der Waals surface area contributed by atoms with Crippen LogP contribution in [0.25, 0.3) is 0 Å². The summed E-state index contributed by atoms with van der Waals surface area (Å²) in [6, 6.07) is 3.18. The van der Waals surface area contributed by atoms with Crippen LogP contribution in [-0.2, 0) is 9.59 Å². The topological polar surface area (TPSA) is 144 Å². The van der Waals surface area contributed by atoms with Crippen LogP contribution in [0.1, 0.15) is 27.1 Å². The molecule has 0 bridgehead atoms. The van der Waals surface area contributed by atoms with Gasteiger partial charge in [-0.15, -0.1) is 0 Å². The smallest absolute Gasteiger partial charge is 0.259 e. The lowest BCUT2D eigenvalue weighted by atomic mass is 10.1. The van der Waals surface area contributed by atoms with Crippen LogP contribution in [0, 0.1) is 0 Å². The molecule has 1 heterocycles. The molecule has 1 aromatic carbocycles. The monoisotopic (exact) mass is 276 g/mol. The second kappa shape index (κ2) is 5.10. The van der Waals surface area contributed by atoms with E-state index in [9.17, 15) is 19.2 Å². The molecule has 0 radical (unpaired) electrons. The molecule has 8 heteroatoms. The second-order valence-corrected chi connectivity index (χ2v) is 4.31. The minimum Gasteiger partial charge on any atom is -0.370 e. The van der Waals surface area contributed by atoms with E-state index < -0.39 is 29.7 Å². The number of anilines is 1. The van der Waals surface area contributed by atoms with Crippen LogP contribution in [0.3, 0.4) is 0 Å². The molecule has 1 aromatic rings. The predicted molar refractivity (Wildman–Crippen MR) is 68.7 cm³/mol. The SMILES string of the molecule is NC(=O)CC(N)C(=O)Nc1ccc2c(c1)C(=O)NC2=O. The lowest BCUT2D eigenvalue weighted by molar-refractivity contribution is -0.123. The largest absolute Gasteiger partial charge is 0.370 e. The number of hydrogen-bond acceptors (Lipinski definition) is 5. The van der Waals surface area contributed by atoms with Crippen molar-refractivity contribution in [2.75, 3.05) is 5.32 Å². The molecule has 0 aromatic heterocycles. The molecule has 20 heavy (non-hydrogen) atoms. The molecule has 1 atom stereocenters. The Morgan fingerprint density at radius 3 is 2.50 bits per heavy atom. The van der Waals surface area contributed by atoms with Crippen molar-refractivity contribution in [3.05, 3.63) is 29.3 Å². The third-order valence-electron chi connectivity index (χ3n) is 2.76. The van der Waals surface area contributed by atoms with Crippen molar-refractivity contribution in [2.45, 2.75) is 12.5 Å². The highest BCUT2D eigenvalue weighted by molar-refractivity contribution is 6.22. The molecule has 0 fully saturated rings. The van der Waals surface area contributed by atoms with Gasteiger partial charge in [0.05, 0.1) is 23.6 Å².